The monoisotopic (exact) mass is 530 g/mol. The van der Waals surface area contributed by atoms with Crippen LogP contribution in [0.4, 0.5) is 5.82 Å². The van der Waals surface area contributed by atoms with Gasteiger partial charge in [0.2, 0.25) is 0 Å². The lowest BCUT2D eigenvalue weighted by Crippen LogP contribution is -2.45. The fraction of sp³-hybridized carbons (Fsp3) is 0.727. The summed E-state index contributed by atoms with van der Waals surface area (Å²) in [4.78, 5) is 13.9. The van der Waals surface area contributed by atoms with Crippen molar-refractivity contribution in [2.24, 2.45) is 4.99 Å². The van der Waals surface area contributed by atoms with E-state index in [0.717, 1.165) is 56.2 Å². The number of rotatable bonds is 7. The van der Waals surface area contributed by atoms with Crippen LogP contribution >= 0.6 is 24.0 Å². The molecule has 2 aliphatic heterocycles. The average molecular weight is 530 g/mol. The summed E-state index contributed by atoms with van der Waals surface area (Å²) in [6.07, 6.45) is 7.52. The van der Waals surface area contributed by atoms with E-state index in [-0.39, 0.29) is 30.1 Å². The van der Waals surface area contributed by atoms with Gasteiger partial charge in [-0.15, -0.1) is 24.0 Å². The number of morpholine rings is 1. The van der Waals surface area contributed by atoms with Crippen LogP contribution in [0.3, 0.4) is 0 Å². The highest BCUT2D eigenvalue weighted by Gasteiger charge is 2.20. The molecule has 7 nitrogen and oxygen atoms in total. The van der Waals surface area contributed by atoms with Gasteiger partial charge in [-0.25, -0.2) is 4.98 Å². The van der Waals surface area contributed by atoms with Gasteiger partial charge < -0.3 is 20.3 Å². The van der Waals surface area contributed by atoms with Gasteiger partial charge in [-0.1, -0.05) is 19.4 Å². The third-order valence-corrected chi connectivity index (χ3v) is 5.97. The van der Waals surface area contributed by atoms with Gasteiger partial charge in [-0.05, 0) is 44.4 Å². The minimum Gasteiger partial charge on any atom is -0.375 e. The molecule has 2 fully saturated rings. The van der Waals surface area contributed by atoms with Crippen molar-refractivity contribution in [2.75, 3.05) is 51.3 Å². The second-order valence-corrected chi connectivity index (χ2v) is 8.10. The first-order valence-electron chi connectivity index (χ1n) is 11.2. The van der Waals surface area contributed by atoms with Crippen molar-refractivity contribution >= 4 is 35.8 Å². The largest absolute Gasteiger partial charge is 0.375 e. The molecular weight excluding hydrogens is 491 g/mol. The number of nitrogens with one attached hydrogen (secondary N) is 2. The van der Waals surface area contributed by atoms with Crippen molar-refractivity contribution in [3.63, 3.8) is 0 Å². The molecule has 3 heterocycles. The lowest BCUT2D eigenvalue weighted by molar-refractivity contribution is 0.0529. The minimum atomic E-state index is 0. The molecule has 2 saturated heterocycles. The Morgan fingerprint density at radius 2 is 2.13 bits per heavy atom. The Kier molecular flexibility index (Phi) is 11.2. The molecule has 1 aromatic rings. The number of nitrogens with zero attached hydrogens (tertiary/aromatic N) is 4. The minimum absolute atomic E-state index is 0. The van der Waals surface area contributed by atoms with Crippen molar-refractivity contribution < 1.29 is 4.74 Å². The number of guanidine groups is 1. The second-order valence-electron chi connectivity index (χ2n) is 8.10. The molecule has 0 amide bonds. The molecule has 0 aromatic carbocycles. The first-order valence-corrected chi connectivity index (χ1v) is 11.2. The zero-order valence-electron chi connectivity index (χ0n) is 18.8. The molecule has 2 aliphatic rings. The number of anilines is 1. The van der Waals surface area contributed by atoms with E-state index in [4.69, 9.17) is 4.74 Å². The zero-order valence-corrected chi connectivity index (χ0v) is 21.1. The van der Waals surface area contributed by atoms with Crippen molar-refractivity contribution in [3.8, 4) is 0 Å². The zero-order chi connectivity index (χ0) is 20.5. The van der Waals surface area contributed by atoms with Crippen LogP contribution in [-0.2, 0) is 11.3 Å². The van der Waals surface area contributed by atoms with Gasteiger partial charge in [0.05, 0.1) is 12.7 Å². The van der Waals surface area contributed by atoms with Crippen LogP contribution in [0, 0.1) is 0 Å². The Hall–Kier alpha value is -1.13. The topological polar surface area (TPSA) is 65.0 Å². The molecule has 30 heavy (non-hydrogen) atoms. The standard InChI is InChI=1S/C22H38N6O.HI/c1-4-20-7-5-6-11-27(20)12-10-24-22(23-3)26-16-19-8-9-21(25-15-19)28-13-14-29-18(2)17-28;/h8-9,15,18,20H,4-7,10-14,16-17H2,1-3H3,(H2,23,24,26);1H. The summed E-state index contributed by atoms with van der Waals surface area (Å²) in [6, 6.07) is 4.99. The van der Waals surface area contributed by atoms with E-state index in [0.29, 0.717) is 6.54 Å². The maximum atomic E-state index is 5.61. The Bertz CT molecular complexity index is 641. The predicted octanol–water partition coefficient (Wildman–Crippen LogP) is 2.85. The molecule has 0 bridgehead atoms. The van der Waals surface area contributed by atoms with Gasteiger partial charge in [0, 0.05) is 52.0 Å². The first kappa shape index (κ1) is 25.1. The summed E-state index contributed by atoms with van der Waals surface area (Å²) in [5.74, 6) is 1.87. The van der Waals surface area contributed by atoms with Crippen LogP contribution in [0.25, 0.3) is 0 Å². The molecule has 2 N–H and O–H groups in total. The van der Waals surface area contributed by atoms with Gasteiger partial charge in [-0.3, -0.25) is 9.89 Å². The Morgan fingerprint density at radius 1 is 1.27 bits per heavy atom. The van der Waals surface area contributed by atoms with Crippen LogP contribution in [0.15, 0.2) is 23.3 Å². The van der Waals surface area contributed by atoms with E-state index in [1.54, 1.807) is 0 Å². The third kappa shape index (κ3) is 7.53. The third-order valence-electron chi connectivity index (χ3n) is 5.97. The second kappa shape index (κ2) is 13.3. The molecule has 0 spiro atoms. The molecule has 0 saturated carbocycles. The van der Waals surface area contributed by atoms with Crippen LogP contribution < -0.4 is 15.5 Å². The van der Waals surface area contributed by atoms with E-state index in [9.17, 15) is 0 Å². The van der Waals surface area contributed by atoms with E-state index < -0.39 is 0 Å². The van der Waals surface area contributed by atoms with Crippen molar-refractivity contribution in [1.82, 2.24) is 20.5 Å². The maximum Gasteiger partial charge on any atom is 0.191 e. The molecule has 0 aliphatic carbocycles. The highest BCUT2D eigenvalue weighted by molar-refractivity contribution is 14.0. The highest BCUT2D eigenvalue weighted by atomic mass is 127. The number of halogens is 1. The number of aliphatic imine (C=N–C) groups is 1. The van der Waals surface area contributed by atoms with Gasteiger partial charge in [-0.2, -0.15) is 0 Å². The SMILES string of the molecule is CCC1CCCCN1CCNC(=NC)NCc1ccc(N2CCOC(C)C2)nc1.I. The Morgan fingerprint density at radius 3 is 2.83 bits per heavy atom. The number of pyridine rings is 1. The summed E-state index contributed by atoms with van der Waals surface area (Å²) < 4.78 is 5.61. The number of hydrogen-bond acceptors (Lipinski definition) is 5. The van der Waals surface area contributed by atoms with Crippen LogP contribution in [0.2, 0.25) is 0 Å². The van der Waals surface area contributed by atoms with Crippen molar-refractivity contribution in [3.05, 3.63) is 23.9 Å². The molecule has 3 rings (SSSR count). The summed E-state index contributed by atoms with van der Waals surface area (Å²) in [5.41, 5.74) is 1.15. The molecule has 8 heteroatoms. The van der Waals surface area contributed by atoms with Gasteiger partial charge >= 0.3 is 0 Å². The normalized spacial score (nSPS) is 23.0. The van der Waals surface area contributed by atoms with Crippen molar-refractivity contribution in [1.29, 1.82) is 0 Å². The fourth-order valence-electron chi connectivity index (χ4n) is 4.28. The Labute approximate surface area is 199 Å². The van der Waals surface area contributed by atoms with Gasteiger partial charge in [0.15, 0.2) is 5.96 Å². The predicted molar refractivity (Wildman–Crippen MR) is 135 cm³/mol. The summed E-state index contributed by atoms with van der Waals surface area (Å²) >= 11 is 0. The molecular formula is C22H39IN6O. The lowest BCUT2D eigenvalue weighted by atomic mass is 10.0. The number of piperidine rings is 1. The van der Waals surface area contributed by atoms with Crippen LogP contribution in [-0.4, -0.2) is 74.4 Å². The number of aromatic nitrogens is 1. The average Bonchev–Trinajstić information content (AvgIpc) is 2.76. The molecule has 170 valence electrons. The van der Waals surface area contributed by atoms with E-state index in [2.05, 4.69) is 56.4 Å². The smallest absolute Gasteiger partial charge is 0.191 e. The van der Waals surface area contributed by atoms with E-state index in [1.807, 2.05) is 13.2 Å². The quantitative estimate of drug-likeness (QED) is 0.321. The fourth-order valence-corrected chi connectivity index (χ4v) is 4.28. The number of likely N-dealkylation sites (tertiary alicyclic amines) is 1. The van der Waals surface area contributed by atoms with Crippen LogP contribution in [0.1, 0.15) is 45.1 Å². The van der Waals surface area contributed by atoms with Crippen molar-refractivity contribution in [2.45, 2.75) is 58.2 Å². The summed E-state index contributed by atoms with van der Waals surface area (Å²) in [7, 11) is 1.83. The summed E-state index contributed by atoms with van der Waals surface area (Å²) in [5, 5.41) is 6.86. The molecule has 2 unspecified atom stereocenters. The van der Waals surface area contributed by atoms with Gasteiger partial charge in [0.1, 0.15) is 5.82 Å². The Balaban J connectivity index is 0.00000320. The summed E-state index contributed by atoms with van der Waals surface area (Å²) in [6.45, 7) is 10.9. The highest BCUT2D eigenvalue weighted by Crippen LogP contribution is 2.18. The maximum absolute atomic E-state index is 5.61. The lowest BCUT2D eigenvalue weighted by Gasteiger charge is -2.35. The number of hydrogen-bond donors (Lipinski definition) is 2. The van der Waals surface area contributed by atoms with E-state index >= 15 is 0 Å². The molecule has 1 aromatic heterocycles. The van der Waals surface area contributed by atoms with Crippen LogP contribution in [0.5, 0.6) is 0 Å². The molecule has 2 atom stereocenters. The van der Waals surface area contributed by atoms with Gasteiger partial charge in [0.25, 0.3) is 0 Å². The first-order chi connectivity index (χ1) is 14.2. The molecule has 0 radical (unpaired) electrons. The van der Waals surface area contributed by atoms with E-state index in [1.165, 1.54) is 32.2 Å². The number of ether oxygens (including phenoxy) is 1.